The van der Waals surface area contributed by atoms with Crippen LogP contribution in [0.3, 0.4) is 0 Å². The van der Waals surface area contributed by atoms with Crippen molar-refractivity contribution in [2.45, 2.75) is 30.7 Å². The van der Waals surface area contributed by atoms with E-state index in [1.807, 2.05) is 6.92 Å². The van der Waals surface area contributed by atoms with Crippen molar-refractivity contribution >= 4 is 17.7 Å². The van der Waals surface area contributed by atoms with Crippen LogP contribution in [0.4, 0.5) is 4.39 Å². The number of thioether (sulfide) groups is 1. The van der Waals surface area contributed by atoms with Gasteiger partial charge in [-0.1, -0.05) is 25.1 Å². The Hall–Kier alpha value is -0.250. The molecule has 0 saturated carbocycles. The van der Waals surface area contributed by atoms with Crippen LogP contribution in [0.2, 0.25) is 0 Å². The third kappa shape index (κ3) is 1.62. The van der Waals surface area contributed by atoms with Gasteiger partial charge in [0.05, 0.1) is 0 Å². The predicted molar refractivity (Wildman–Crippen MR) is 37.3 cm³/mol. The molecule has 2 atom stereocenters. The molecule has 1 saturated heterocycles. The highest BCUT2D eigenvalue weighted by molar-refractivity contribution is 8.01. The summed E-state index contributed by atoms with van der Waals surface area (Å²) in [5, 5.41) is 0. The van der Waals surface area contributed by atoms with E-state index in [4.69, 9.17) is 0 Å². The van der Waals surface area contributed by atoms with Gasteiger partial charge in [0.1, 0.15) is 0 Å². The first-order chi connectivity index (χ1) is 4.74. The van der Waals surface area contributed by atoms with Crippen LogP contribution in [-0.2, 0) is 9.53 Å². The maximum absolute atomic E-state index is 12.4. The SMILES string of the molecule is CCCC1OC(=O)C(F)S1. The van der Waals surface area contributed by atoms with Gasteiger partial charge in [-0.15, -0.1) is 0 Å². The Morgan fingerprint density at radius 2 is 2.50 bits per heavy atom. The second-order valence-electron chi connectivity index (χ2n) is 2.11. The Bertz CT molecular complexity index is 140. The van der Waals surface area contributed by atoms with Gasteiger partial charge >= 0.3 is 5.97 Å². The van der Waals surface area contributed by atoms with E-state index in [9.17, 15) is 9.18 Å². The van der Waals surface area contributed by atoms with Gasteiger partial charge in [-0.25, -0.2) is 9.18 Å². The summed E-state index contributed by atoms with van der Waals surface area (Å²) in [7, 11) is 0. The lowest BCUT2D eigenvalue weighted by molar-refractivity contribution is -0.145. The molecule has 58 valence electrons. The highest BCUT2D eigenvalue weighted by Crippen LogP contribution is 2.31. The zero-order chi connectivity index (χ0) is 7.56. The summed E-state index contributed by atoms with van der Waals surface area (Å²) in [6.07, 6.45) is 1.66. The molecule has 0 radical (unpaired) electrons. The fourth-order valence-corrected chi connectivity index (χ4v) is 1.72. The predicted octanol–water partition coefficient (Wildman–Crippen LogP) is 1.70. The summed E-state index contributed by atoms with van der Waals surface area (Å²) in [6, 6.07) is 0. The summed E-state index contributed by atoms with van der Waals surface area (Å²) >= 11 is 0.960. The average Bonchev–Trinajstić information content (AvgIpc) is 2.14. The third-order valence-electron chi connectivity index (χ3n) is 1.23. The number of alkyl halides is 1. The zero-order valence-corrected chi connectivity index (χ0v) is 6.49. The van der Waals surface area contributed by atoms with Crippen molar-refractivity contribution < 1.29 is 13.9 Å². The first kappa shape index (κ1) is 7.85. The van der Waals surface area contributed by atoms with E-state index in [2.05, 4.69) is 4.74 Å². The first-order valence-corrected chi connectivity index (χ1v) is 4.18. The molecule has 1 rings (SSSR count). The third-order valence-corrected chi connectivity index (χ3v) is 2.30. The number of cyclic esters (lactones) is 1. The van der Waals surface area contributed by atoms with Crippen LogP contribution in [0, 0.1) is 0 Å². The number of halogens is 1. The molecule has 0 aliphatic carbocycles. The number of carbonyl (C=O) groups excluding carboxylic acids is 1. The van der Waals surface area contributed by atoms with E-state index >= 15 is 0 Å². The van der Waals surface area contributed by atoms with Crippen LogP contribution < -0.4 is 0 Å². The molecule has 0 aromatic rings. The summed E-state index contributed by atoms with van der Waals surface area (Å²) in [5.41, 5.74) is -1.69. The smallest absolute Gasteiger partial charge is 0.352 e. The molecule has 1 heterocycles. The zero-order valence-electron chi connectivity index (χ0n) is 5.67. The summed E-state index contributed by atoms with van der Waals surface area (Å²) in [6.45, 7) is 1.97. The number of hydrogen-bond donors (Lipinski definition) is 0. The van der Waals surface area contributed by atoms with E-state index < -0.39 is 11.5 Å². The second kappa shape index (κ2) is 3.23. The summed E-state index contributed by atoms with van der Waals surface area (Å²) in [4.78, 5) is 10.4. The molecule has 4 heteroatoms. The molecule has 2 unspecified atom stereocenters. The topological polar surface area (TPSA) is 26.3 Å². The van der Waals surface area contributed by atoms with Gasteiger partial charge in [-0.2, -0.15) is 0 Å². The van der Waals surface area contributed by atoms with Crippen LogP contribution in [0.5, 0.6) is 0 Å². The number of esters is 1. The highest BCUT2D eigenvalue weighted by atomic mass is 32.2. The maximum atomic E-state index is 12.4. The van der Waals surface area contributed by atoms with E-state index in [0.717, 1.165) is 24.6 Å². The molecule has 1 aliphatic heterocycles. The lowest BCUT2D eigenvalue weighted by atomic mass is 10.4. The minimum Gasteiger partial charge on any atom is -0.448 e. The fourth-order valence-electron chi connectivity index (χ4n) is 0.762. The number of carbonyl (C=O) groups is 1. The average molecular weight is 164 g/mol. The number of rotatable bonds is 2. The minimum atomic E-state index is -1.45. The van der Waals surface area contributed by atoms with Crippen molar-refractivity contribution in [1.82, 2.24) is 0 Å². The van der Waals surface area contributed by atoms with Crippen molar-refractivity contribution in [3.05, 3.63) is 0 Å². The Morgan fingerprint density at radius 3 is 2.90 bits per heavy atom. The van der Waals surface area contributed by atoms with Crippen molar-refractivity contribution in [2.24, 2.45) is 0 Å². The first-order valence-electron chi connectivity index (χ1n) is 3.24. The molecule has 0 N–H and O–H groups in total. The molecular formula is C6H9FO2S. The maximum Gasteiger partial charge on any atom is 0.352 e. The van der Waals surface area contributed by atoms with E-state index in [0.29, 0.717) is 0 Å². The molecule has 0 bridgehead atoms. The van der Waals surface area contributed by atoms with E-state index in [1.54, 1.807) is 0 Å². The molecule has 0 aromatic heterocycles. The van der Waals surface area contributed by atoms with E-state index in [-0.39, 0.29) is 5.44 Å². The lowest BCUT2D eigenvalue weighted by Gasteiger charge is -2.03. The fraction of sp³-hybridized carbons (Fsp3) is 0.833. The van der Waals surface area contributed by atoms with Gasteiger partial charge in [0.25, 0.3) is 0 Å². The van der Waals surface area contributed by atoms with Crippen LogP contribution in [-0.4, -0.2) is 16.9 Å². The standard InChI is InChI=1S/C6H9FO2S/c1-2-3-4-9-6(8)5(7)10-4/h4-5H,2-3H2,1H3. The lowest BCUT2D eigenvalue weighted by Crippen LogP contribution is -2.06. The molecule has 10 heavy (non-hydrogen) atoms. The van der Waals surface area contributed by atoms with Gasteiger partial charge in [-0.05, 0) is 6.42 Å². The van der Waals surface area contributed by atoms with Crippen LogP contribution in [0.15, 0.2) is 0 Å². The van der Waals surface area contributed by atoms with Gasteiger partial charge in [0.15, 0.2) is 5.44 Å². The highest BCUT2D eigenvalue weighted by Gasteiger charge is 2.34. The Morgan fingerprint density at radius 1 is 1.80 bits per heavy atom. The van der Waals surface area contributed by atoms with Crippen molar-refractivity contribution in [1.29, 1.82) is 0 Å². The Labute approximate surface area is 63.1 Å². The molecule has 0 aromatic carbocycles. The molecule has 0 amide bonds. The van der Waals surface area contributed by atoms with Crippen LogP contribution in [0.1, 0.15) is 19.8 Å². The van der Waals surface area contributed by atoms with Gasteiger partial charge in [-0.3, -0.25) is 0 Å². The van der Waals surface area contributed by atoms with E-state index in [1.165, 1.54) is 0 Å². The molecule has 1 fully saturated rings. The Balaban J connectivity index is 2.34. The van der Waals surface area contributed by atoms with Crippen LogP contribution in [0.25, 0.3) is 0 Å². The monoisotopic (exact) mass is 164 g/mol. The minimum absolute atomic E-state index is 0.243. The molecular weight excluding hydrogens is 155 g/mol. The van der Waals surface area contributed by atoms with Crippen molar-refractivity contribution in [3.8, 4) is 0 Å². The number of ether oxygens (including phenoxy) is 1. The Kier molecular flexibility index (Phi) is 2.54. The second-order valence-corrected chi connectivity index (χ2v) is 3.32. The van der Waals surface area contributed by atoms with Gasteiger partial charge in [0, 0.05) is 0 Å². The van der Waals surface area contributed by atoms with Crippen molar-refractivity contribution in [3.63, 3.8) is 0 Å². The number of hydrogen-bond acceptors (Lipinski definition) is 3. The summed E-state index contributed by atoms with van der Waals surface area (Å²) in [5.74, 6) is -0.719. The summed E-state index contributed by atoms with van der Waals surface area (Å²) < 4.78 is 17.0. The molecule has 1 aliphatic rings. The van der Waals surface area contributed by atoms with Crippen LogP contribution >= 0.6 is 11.8 Å². The molecule has 0 spiro atoms. The van der Waals surface area contributed by atoms with Gasteiger partial charge < -0.3 is 4.74 Å². The quantitative estimate of drug-likeness (QED) is 0.581. The van der Waals surface area contributed by atoms with Crippen molar-refractivity contribution in [2.75, 3.05) is 0 Å². The molecule has 2 nitrogen and oxygen atoms in total. The van der Waals surface area contributed by atoms with Gasteiger partial charge in [0.2, 0.25) is 5.50 Å². The largest absolute Gasteiger partial charge is 0.448 e. The normalized spacial score (nSPS) is 32.4.